The third kappa shape index (κ3) is 72.5. The normalized spacial score (nSPS) is 7.31. The molecule has 352 valence electrons. The molecular formula is C56H52N4Se8U2. The summed E-state index contributed by atoms with van der Waals surface area (Å²) in [7, 11) is 0. The largest absolute Gasteiger partial charge is 4.00 e. The summed E-state index contributed by atoms with van der Waals surface area (Å²) in [6, 6.07) is 87.5. The van der Waals surface area contributed by atoms with Crippen LogP contribution in [-0.2, 0) is 0 Å². The summed E-state index contributed by atoms with van der Waals surface area (Å²) in [5, 5.41) is 29.3. The Labute approximate surface area is 534 Å². The molecule has 0 saturated heterocycles. The van der Waals surface area contributed by atoms with Crippen molar-refractivity contribution >= 4 is 164 Å². The SMILES string of the molecule is CC#N.CC#N.CC#N.CC#N.[Se-]c1ccccc1.[Se-]c1ccccc1.[Se-]c1ccccc1.[Se-]c1ccccc1.[Se-]c1ccccc1.[Se-]c1ccccc1.[Se-]c1ccccc1.[Se-]c1ccccc1.[U+4].[U+4]. The summed E-state index contributed by atoms with van der Waals surface area (Å²) in [6.45, 7) is 5.72. The fourth-order valence-corrected chi connectivity index (χ4v) is 6.00. The van der Waals surface area contributed by atoms with E-state index in [0.29, 0.717) is 0 Å². The topological polar surface area (TPSA) is 95.2 Å². The van der Waals surface area contributed by atoms with Crippen molar-refractivity contribution in [1.29, 1.82) is 21.0 Å². The van der Waals surface area contributed by atoms with Gasteiger partial charge in [-0.1, -0.05) is 0 Å². The maximum Gasteiger partial charge on any atom is 4.00 e. The second-order valence-electron chi connectivity index (χ2n) is 11.4. The predicted octanol–water partition coefficient (Wildman–Crippen LogP) is 5.96. The zero-order chi connectivity index (χ0) is 51.7. The number of hydrogen-bond donors (Lipinski definition) is 0. The van der Waals surface area contributed by atoms with Gasteiger partial charge in [0.2, 0.25) is 0 Å². The van der Waals surface area contributed by atoms with Crippen LogP contribution < -0.4 is 35.7 Å². The maximum atomic E-state index is 7.32. The van der Waals surface area contributed by atoms with Crippen LogP contribution in [0.2, 0.25) is 0 Å². The average Bonchev–Trinajstić information content (AvgIpc) is 3.34. The van der Waals surface area contributed by atoms with Crippen LogP contribution in [0.1, 0.15) is 27.7 Å². The first kappa shape index (κ1) is 79.4. The first-order valence-corrected chi connectivity index (χ1v) is 26.7. The van der Waals surface area contributed by atoms with E-state index in [1.807, 2.05) is 243 Å². The molecule has 0 amide bonds. The zero-order valence-electron chi connectivity index (χ0n) is 39.1. The van der Waals surface area contributed by atoms with Gasteiger partial charge in [-0.2, -0.15) is 21.0 Å². The molecule has 0 bridgehead atoms. The van der Waals surface area contributed by atoms with E-state index < -0.39 is 0 Å². The van der Waals surface area contributed by atoms with Gasteiger partial charge < -0.3 is 0 Å². The molecule has 0 heterocycles. The molecule has 14 heteroatoms. The average molecular weight is 1890 g/mol. The quantitative estimate of drug-likeness (QED) is 0.175. The summed E-state index contributed by atoms with van der Waals surface area (Å²) in [5.41, 5.74) is 0. The molecule has 0 N–H and O–H groups in total. The number of benzene rings is 8. The molecule has 70 heavy (non-hydrogen) atoms. The fraction of sp³-hybridized carbons (Fsp3) is 0.0714. The molecule has 0 aromatic heterocycles. The minimum Gasteiger partial charge on any atom is 4.00 e. The number of hydrogen-bond acceptors (Lipinski definition) is 4. The summed E-state index contributed by atoms with van der Waals surface area (Å²) in [4.78, 5) is 0. The third-order valence-corrected chi connectivity index (χ3v) is 10.5. The van der Waals surface area contributed by atoms with Crippen LogP contribution in [0.25, 0.3) is 0 Å². The van der Waals surface area contributed by atoms with Crippen molar-refractivity contribution in [3.05, 3.63) is 243 Å². The van der Waals surface area contributed by atoms with Gasteiger partial charge in [0.05, 0.1) is 24.3 Å². The summed E-state index contributed by atoms with van der Waals surface area (Å²) < 4.78 is 9.57. The van der Waals surface area contributed by atoms with E-state index in [-0.39, 0.29) is 62.2 Å². The van der Waals surface area contributed by atoms with Crippen LogP contribution >= 0.6 is 0 Å². The molecule has 0 fully saturated rings. The van der Waals surface area contributed by atoms with Gasteiger partial charge in [-0.05, 0) is 0 Å². The van der Waals surface area contributed by atoms with Gasteiger partial charge in [-0.15, -0.1) is 0 Å². The third-order valence-electron chi connectivity index (χ3n) is 5.95. The number of rotatable bonds is 0. The Balaban J connectivity index is -0.000000161. The molecule has 8 aromatic rings. The standard InChI is InChI=1S/8C6H6Se.4C2H3N.2U/c8*7-6-4-2-1-3-5-6;4*1-2-3;;/h8*1-5,7H;4*1H3;;/q;;;;;;;;;;;;2*+4/p-8. The Morgan fingerprint density at radius 3 is 0.286 bits per heavy atom. The van der Waals surface area contributed by atoms with Crippen molar-refractivity contribution in [1.82, 2.24) is 0 Å². The number of nitriles is 4. The summed E-state index contributed by atoms with van der Waals surface area (Å²) in [5.74, 6) is 0. The van der Waals surface area contributed by atoms with Crippen molar-refractivity contribution in [2.75, 3.05) is 0 Å². The van der Waals surface area contributed by atoms with Crippen molar-refractivity contribution < 1.29 is 62.2 Å². The molecule has 0 aliphatic carbocycles. The van der Waals surface area contributed by atoms with E-state index in [0.717, 1.165) is 0 Å². The van der Waals surface area contributed by atoms with Gasteiger partial charge >= 0.3 is 469 Å². The first-order valence-electron chi connectivity index (χ1n) is 19.8. The van der Waals surface area contributed by atoms with E-state index in [4.69, 9.17) is 21.0 Å². The Bertz CT molecular complexity index is 1900. The summed E-state index contributed by atoms with van der Waals surface area (Å²) in [6.07, 6.45) is 0. The molecule has 0 saturated carbocycles. The minimum absolute atomic E-state index is 0. The van der Waals surface area contributed by atoms with Crippen LogP contribution in [-0.4, -0.2) is 128 Å². The van der Waals surface area contributed by atoms with Gasteiger partial charge in [-0.3, -0.25) is 0 Å². The Morgan fingerprint density at radius 1 is 0.200 bits per heavy atom. The molecule has 0 atom stereocenters. The Hall–Kier alpha value is -2.02. The fourth-order valence-electron chi connectivity index (χ4n) is 3.36. The van der Waals surface area contributed by atoms with Crippen LogP contribution in [0.15, 0.2) is 243 Å². The van der Waals surface area contributed by atoms with Gasteiger partial charge in [0, 0.05) is 27.7 Å². The molecule has 0 spiro atoms. The molecule has 0 unspecified atom stereocenters. The van der Waals surface area contributed by atoms with Gasteiger partial charge in [0.1, 0.15) is 0 Å². The van der Waals surface area contributed by atoms with E-state index in [9.17, 15) is 0 Å². The van der Waals surface area contributed by atoms with Crippen molar-refractivity contribution in [3.8, 4) is 24.3 Å². The molecule has 0 aliphatic rings. The van der Waals surface area contributed by atoms with E-state index in [1.54, 1.807) is 24.3 Å². The predicted molar refractivity (Wildman–Crippen MR) is 300 cm³/mol. The second kappa shape index (κ2) is 67.0. The van der Waals surface area contributed by atoms with Crippen LogP contribution in [0.3, 0.4) is 0 Å². The van der Waals surface area contributed by atoms with Gasteiger partial charge in [0.15, 0.2) is 0 Å². The molecular weight excluding hydrogens is 1840 g/mol. The molecule has 0 radical (unpaired) electrons. The van der Waals surface area contributed by atoms with Crippen molar-refractivity contribution in [3.63, 3.8) is 0 Å². The molecule has 0 aliphatic heterocycles. The van der Waals surface area contributed by atoms with E-state index in [1.165, 1.54) is 63.4 Å². The molecule has 8 aromatic carbocycles. The van der Waals surface area contributed by atoms with Gasteiger partial charge in [-0.25, -0.2) is 0 Å². The van der Waals surface area contributed by atoms with Crippen LogP contribution in [0.5, 0.6) is 0 Å². The first-order chi connectivity index (χ1) is 32.8. The Morgan fingerprint density at radius 2 is 0.257 bits per heavy atom. The number of nitrogens with zero attached hydrogens (tertiary/aromatic N) is 4. The van der Waals surface area contributed by atoms with Crippen LogP contribution in [0, 0.1) is 108 Å². The van der Waals surface area contributed by atoms with E-state index in [2.05, 4.69) is 128 Å². The smallest absolute Gasteiger partial charge is 4.00 e. The maximum absolute atomic E-state index is 7.32. The van der Waals surface area contributed by atoms with Crippen LogP contribution in [0.4, 0.5) is 0 Å². The molecule has 4 nitrogen and oxygen atoms in total. The zero-order valence-corrected chi connectivity index (χ0v) is 61.2. The van der Waals surface area contributed by atoms with Crippen molar-refractivity contribution in [2.24, 2.45) is 0 Å². The minimum atomic E-state index is 0. The monoisotopic (exact) mass is 1900 g/mol. The Kier molecular flexibility index (Phi) is 76.0. The summed E-state index contributed by atoms with van der Waals surface area (Å²) >= 11 is 23.2. The second-order valence-corrected chi connectivity index (χ2v) is 19.3. The van der Waals surface area contributed by atoms with E-state index >= 15 is 0 Å². The van der Waals surface area contributed by atoms with Gasteiger partial charge in [0.25, 0.3) is 0 Å². The molecule has 8 rings (SSSR count). The van der Waals surface area contributed by atoms with Crippen molar-refractivity contribution in [2.45, 2.75) is 27.7 Å².